The van der Waals surface area contributed by atoms with Gasteiger partial charge in [0.25, 0.3) is 0 Å². The Labute approximate surface area is 153 Å². The molecule has 2 aromatic heterocycles. The van der Waals surface area contributed by atoms with Gasteiger partial charge in [0, 0.05) is 42.5 Å². The molecular weight excluding hydrogens is 427 g/mol. The van der Waals surface area contributed by atoms with E-state index in [1.807, 2.05) is 24.6 Å². The van der Waals surface area contributed by atoms with E-state index in [0.29, 0.717) is 0 Å². The van der Waals surface area contributed by atoms with Crippen molar-refractivity contribution in [2.75, 3.05) is 20.1 Å². The van der Waals surface area contributed by atoms with Crippen molar-refractivity contribution in [3.63, 3.8) is 0 Å². The number of hydrogen-bond donors (Lipinski definition) is 2. The zero-order valence-electron chi connectivity index (χ0n) is 12.9. The van der Waals surface area contributed by atoms with Gasteiger partial charge in [-0.1, -0.05) is 6.92 Å². The molecule has 2 aromatic rings. The molecular formula is C15H21IN4S2. The van der Waals surface area contributed by atoms with Crippen LogP contribution >= 0.6 is 45.3 Å². The standard InChI is InChI=1S/C15H21IN4S2/c1-3-11-10-20-14(22-11)7-9-19-15(17-2)18-8-6-12-4-5-13(16)21-12/h4-5,10H,3,6-9H2,1-2H3,(H2,17,18,19). The molecule has 2 heterocycles. The van der Waals surface area contributed by atoms with E-state index in [1.54, 1.807) is 11.3 Å². The minimum atomic E-state index is 0.854. The predicted molar refractivity (Wildman–Crippen MR) is 105 cm³/mol. The fourth-order valence-corrected chi connectivity index (χ4v) is 4.54. The van der Waals surface area contributed by atoms with Crippen LogP contribution in [0, 0.1) is 2.88 Å². The third-order valence-corrected chi connectivity index (χ3v) is 6.25. The first-order valence-corrected chi connectivity index (χ1v) is 10.0. The predicted octanol–water partition coefficient (Wildman–Crippen LogP) is 3.32. The topological polar surface area (TPSA) is 49.3 Å². The van der Waals surface area contributed by atoms with Crippen molar-refractivity contribution in [3.8, 4) is 0 Å². The second-order valence-corrected chi connectivity index (χ2v) is 8.97. The van der Waals surface area contributed by atoms with Crippen LogP contribution in [-0.4, -0.2) is 31.1 Å². The Kier molecular flexibility index (Phi) is 7.61. The van der Waals surface area contributed by atoms with Crippen molar-refractivity contribution in [1.29, 1.82) is 0 Å². The largest absolute Gasteiger partial charge is 0.356 e. The van der Waals surface area contributed by atoms with Gasteiger partial charge in [-0.3, -0.25) is 4.99 Å². The molecule has 0 spiro atoms. The third-order valence-electron chi connectivity index (χ3n) is 3.10. The van der Waals surface area contributed by atoms with Crippen molar-refractivity contribution < 1.29 is 0 Å². The molecule has 0 atom stereocenters. The maximum absolute atomic E-state index is 4.43. The maximum atomic E-state index is 4.43. The first-order chi connectivity index (χ1) is 10.7. The highest BCUT2D eigenvalue weighted by Crippen LogP contribution is 2.18. The first-order valence-electron chi connectivity index (χ1n) is 7.33. The van der Waals surface area contributed by atoms with Gasteiger partial charge in [0.15, 0.2) is 5.96 Å². The van der Waals surface area contributed by atoms with Gasteiger partial charge in [0.1, 0.15) is 0 Å². The monoisotopic (exact) mass is 448 g/mol. The van der Waals surface area contributed by atoms with Crippen LogP contribution in [-0.2, 0) is 19.3 Å². The quantitative estimate of drug-likeness (QED) is 0.388. The van der Waals surface area contributed by atoms with Crippen LogP contribution in [0.3, 0.4) is 0 Å². The molecule has 0 fully saturated rings. The van der Waals surface area contributed by atoms with Crippen molar-refractivity contribution in [2.24, 2.45) is 4.99 Å². The number of nitrogens with zero attached hydrogens (tertiary/aromatic N) is 2. The summed E-state index contributed by atoms with van der Waals surface area (Å²) in [6.45, 7) is 3.91. The van der Waals surface area contributed by atoms with Gasteiger partial charge in [-0.05, 0) is 47.6 Å². The average molecular weight is 448 g/mol. The van der Waals surface area contributed by atoms with Crippen molar-refractivity contribution in [2.45, 2.75) is 26.2 Å². The molecule has 22 heavy (non-hydrogen) atoms. The highest BCUT2D eigenvalue weighted by Gasteiger charge is 2.02. The molecule has 2 N–H and O–H groups in total. The van der Waals surface area contributed by atoms with Crippen LogP contribution in [0.4, 0.5) is 0 Å². The van der Waals surface area contributed by atoms with Gasteiger partial charge < -0.3 is 10.6 Å². The Balaban J connectivity index is 1.66. The second kappa shape index (κ2) is 9.46. The van der Waals surface area contributed by atoms with Crippen molar-refractivity contribution in [1.82, 2.24) is 15.6 Å². The van der Waals surface area contributed by atoms with E-state index in [4.69, 9.17) is 0 Å². The van der Waals surface area contributed by atoms with Gasteiger partial charge in [-0.25, -0.2) is 4.98 Å². The van der Waals surface area contributed by atoms with E-state index in [1.165, 1.54) is 17.6 Å². The smallest absolute Gasteiger partial charge is 0.191 e. The molecule has 0 radical (unpaired) electrons. The van der Waals surface area contributed by atoms with Crippen LogP contribution in [0.15, 0.2) is 23.3 Å². The summed E-state index contributed by atoms with van der Waals surface area (Å²) >= 11 is 6.00. The van der Waals surface area contributed by atoms with Crippen LogP contribution in [0.2, 0.25) is 0 Å². The lowest BCUT2D eigenvalue weighted by Gasteiger charge is -2.10. The van der Waals surface area contributed by atoms with Crippen LogP contribution in [0.25, 0.3) is 0 Å². The number of hydrogen-bond acceptors (Lipinski definition) is 4. The molecule has 7 heteroatoms. The summed E-state index contributed by atoms with van der Waals surface area (Å²) in [7, 11) is 1.81. The summed E-state index contributed by atoms with van der Waals surface area (Å²) in [5.41, 5.74) is 0. The lowest BCUT2D eigenvalue weighted by atomic mass is 10.3. The number of halogens is 1. The fourth-order valence-electron chi connectivity index (χ4n) is 1.93. The number of rotatable bonds is 7. The third kappa shape index (κ3) is 5.85. The number of thiophene rings is 1. The Morgan fingerprint density at radius 1 is 1.18 bits per heavy atom. The molecule has 0 amide bonds. The lowest BCUT2D eigenvalue weighted by molar-refractivity contribution is 0.785. The van der Waals surface area contributed by atoms with Crippen molar-refractivity contribution >= 4 is 51.2 Å². The molecule has 0 unspecified atom stereocenters. The summed E-state index contributed by atoms with van der Waals surface area (Å²) in [5.74, 6) is 0.860. The number of nitrogens with one attached hydrogen (secondary N) is 2. The number of thiazole rings is 1. The molecule has 2 rings (SSSR count). The molecule has 0 aromatic carbocycles. The van der Waals surface area contributed by atoms with Crippen LogP contribution in [0.1, 0.15) is 21.7 Å². The van der Waals surface area contributed by atoms with E-state index in [9.17, 15) is 0 Å². The molecule has 0 saturated carbocycles. The summed E-state index contributed by atoms with van der Waals surface area (Å²) in [6, 6.07) is 4.35. The summed E-state index contributed by atoms with van der Waals surface area (Å²) in [5, 5.41) is 7.89. The highest BCUT2D eigenvalue weighted by molar-refractivity contribution is 14.1. The molecule has 0 aliphatic carbocycles. The zero-order chi connectivity index (χ0) is 15.8. The Morgan fingerprint density at radius 2 is 1.95 bits per heavy atom. The van der Waals surface area contributed by atoms with Gasteiger partial charge in [-0.15, -0.1) is 22.7 Å². The van der Waals surface area contributed by atoms with E-state index >= 15 is 0 Å². The van der Waals surface area contributed by atoms with Gasteiger partial charge in [0.2, 0.25) is 0 Å². The van der Waals surface area contributed by atoms with E-state index < -0.39 is 0 Å². The molecule has 120 valence electrons. The van der Waals surface area contributed by atoms with Gasteiger partial charge in [0.05, 0.1) is 7.89 Å². The molecule has 0 aliphatic rings. The highest BCUT2D eigenvalue weighted by atomic mass is 127. The van der Waals surface area contributed by atoms with Gasteiger partial charge >= 0.3 is 0 Å². The number of aliphatic imine (C=N–C) groups is 1. The summed E-state index contributed by atoms with van der Waals surface area (Å²) in [6.07, 6.45) is 5.01. The Morgan fingerprint density at radius 3 is 2.55 bits per heavy atom. The van der Waals surface area contributed by atoms with Gasteiger partial charge in [-0.2, -0.15) is 0 Å². The van der Waals surface area contributed by atoms with E-state index in [0.717, 1.165) is 38.3 Å². The lowest BCUT2D eigenvalue weighted by Crippen LogP contribution is -2.39. The fraction of sp³-hybridized carbons (Fsp3) is 0.467. The first kappa shape index (κ1) is 17.7. The molecule has 0 aliphatic heterocycles. The minimum Gasteiger partial charge on any atom is -0.356 e. The number of aryl methyl sites for hydroxylation is 1. The SMILES string of the molecule is CCc1cnc(CCNC(=NC)NCCc2ccc(I)s2)s1. The summed E-state index contributed by atoms with van der Waals surface area (Å²) < 4.78 is 1.34. The zero-order valence-corrected chi connectivity index (χ0v) is 16.6. The van der Waals surface area contributed by atoms with E-state index in [-0.39, 0.29) is 0 Å². The second-order valence-electron chi connectivity index (χ2n) is 4.71. The number of aromatic nitrogens is 1. The number of guanidine groups is 1. The molecule has 0 saturated heterocycles. The normalized spacial score (nSPS) is 11.7. The van der Waals surface area contributed by atoms with Crippen LogP contribution < -0.4 is 10.6 Å². The van der Waals surface area contributed by atoms with Crippen molar-refractivity contribution in [3.05, 3.63) is 36.0 Å². The van der Waals surface area contributed by atoms with Crippen LogP contribution in [0.5, 0.6) is 0 Å². The maximum Gasteiger partial charge on any atom is 0.191 e. The molecule has 0 bridgehead atoms. The average Bonchev–Trinajstić information content (AvgIpc) is 3.14. The molecule has 4 nitrogen and oxygen atoms in total. The Bertz CT molecular complexity index is 606. The Hall–Kier alpha value is -0.670. The minimum absolute atomic E-state index is 0.854. The summed E-state index contributed by atoms with van der Waals surface area (Å²) in [4.78, 5) is 11.4. The van der Waals surface area contributed by atoms with E-state index in [2.05, 4.69) is 62.3 Å².